The molecule has 0 saturated carbocycles. The highest BCUT2D eigenvalue weighted by Gasteiger charge is 2.30. The van der Waals surface area contributed by atoms with E-state index in [1.165, 1.54) is 11.1 Å². The van der Waals surface area contributed by atoms with Gasteiger partial charge < -0.3 is 11.1 Å². The Labute approximate surface area is 125 Å². The van der Waals surface area contributed by atoms with Crippen molar-refractivity contribution in [2.24, 2.45) is 5.73 Å². The molecule has 0 aliphatic heterocycles. The third kappa shape index (κ3) is 3.14. The monoisotopic (exact) mass is 280 g/mol. The van der Waals surface area contributed by atoms with Crippen LogP contribution < -0.4 is 11.1 Å². The van der Waals surface area contributed by atoms with Crippen LogP contribution >= 0.6 is 0 Å². The maximum absolute atomic E-state index is 12.2. The van der Waals surface area contributed by atoms with Gasteiger partial charge in [-0.1, -0.05) is 54.6 Å². The first-order valence-electron chi connectivity index (χ1n) is 7.41. The molecule has 2 aromatic carbocycles. The molecule has 0 fully saturated rings. The Hall–Kier alpha value is -2.13. The molecule has 0 heterocycles. The first-order chi connectivity index (χ1) is 10.2. The van der Waals surface area contributed by atoms with Gasteiger partial charge in [-0.3, -0.25) is 4.79 Å². The lowest BCUT2D eigenvalue weighted by Gasteiger charge is -2.18. The zero-order chi connectivity index (χ0) is 14.7. The summed E-state index contributed by atoms with van der Waals surface area (Å²) < 4.78 is 0. The Morgan fingerprint density at radius 1 is 1.10 bits per heavy atom. The van der Waals surface area contributed by atoms with Gasteiger partial charge in [-0.05, 0) is 29.5 Å². The topological polar surface area (TPSA) is 55.1 Å². The van der Waals surface area contributed by atoms with Crippen LogP contribution in [0.5, 0.6) is 0 Å². The van der Waals surface area contributed by atoms with E-state index in [1.807, 2.05) is 42.5 Å². The molecule has 0 bridgehead atoms. The van der Waals surface area contributed by atoms with Crippen LogP contribution in [-0.2, 0) is 17.6 Å². The van der Waals surface area contributed by atoms with Crippen molar-refractivity contribution in [3.8, 4) is 0 Å². The van der Waals surface area contributed by atoms with Gasteiger partial charge in [0.25, 0.3) is 0 Å². The molecule has 2 atom stereocenters. The molecule has 21 heavy (non-hydrogen) atoms. The van der Waals surface area contributed by atoms with Gasteiger partial charge in [0.2, 0.25) is 5.91 Å². The molecule has 0 saturated heterocycles. The van der Waals surface area contributed by atoms with E-state index in [1.54, 1.807) is 0 Å². The Morgan fingerprint density at radius 2 is 1.81 bits per heavy atom. The van der Waals surface area contributed by atoms with E-state index in [0.29, 0.717) is 6.42 Å². The fraction of sp³-hybridized carbons (Fsp3) is 0.278. The van der Waals surface area contributed by atoms with Crippen LogP contribution in [0.1, 0.15) is 29.2 Å². The van der Waals surface area contributed by atoms with Gasteiger partial charge in [0.15, 0.2) is 0 Å². The average molecular weight is 280 g/mol. The van der Waals surface area contributed by atoms with Crippen LogP contribution in [0.4, 0.5) is 0 Å². The van der Waals surface area contributed by atoms with Crippen molar-refractivity contribution in [2.45, 2.75) is 31.3 Å². The number of fused-ring (bicyclic) bond motifs is 1. The number of hydrogen-bond donors (Lipinski definition) is 2. The molecule has 0 spiro atoms. The molecule has 2 aromatic rings. The van der Waals surface area contributed by atoms with Crippen LogP contribution in [0.15, 0.2) is 54.6 Å². The minimum absolute atomic E-state index is 0.0249. The number of nitrogens with two attached hydrogens (primary N) is 1. The summed E-state index contributed by atoms with van der Waals surface area (Å²) in [6.45, 7) is 0. The van der Waals surface area contributed by atoms with Gasteiger partial charge in [-0.15, -0.1) is 0 Å². The van der Waals surface area contributed by atoms with E-state index >= 15 is 0 Å². The Kier molecular flexibility index (Phi) is 4.02. The van der Waals surface area contributed by atoms with Crippen LogP contribution in [0.3, 0.4) is 0 Å². The molecular formula is C18H20N2O. The summed E-state index contributed by atoms with van der Waals surface area (Å²) in [6.07, 6.45) is 2.09. The van der Waals surface area contributed by atoms with Crippen molar-refractivity contribution in [3.05, 3.63) is 71.3 Å². The third-order valence-electron chi connectivity index (χ3n) is 4.07. The Bertz CT molecular complexity index is 624. The van der Waals surface area contributed by atoms with Gasteiger partial charge >= 0.3 is 0 Å². The Balaban J connectivity index is 1.60. The highest BCUT2D eigenvalue weighted by atomic mass is 16.1. The number of carbonyl (C=O) groups is 1. The van der Waals surface area contributed by atoms with Crippen molar-refractivity contribution in [2.75, 3.05) is 0 Å². The van der Waals surface area contributed by atoms with Gasteiger partial charge in [0, 0.05) is 12.5 Å². The normalized spacial score (nSPS) is 20.0. The summed E-state index contributed by atoms with van der Waals surface area (Å²) in [7, 11) is 0. The second-order valence-electron chi connectivity index (χ2n) is 5.60. The predicted octanol–water partition coefficient (Wildman–Crippen LogP) is 2.36. The third-order valence-corrected chi connectivity index (χ3v) is 4.07. The predicted molar refractivity (Wildman–Crippen MR) is 83.8 cm³/mol. The number of hydrogen-bond acceptors (Lipinski definition) is 2. The van der Waals surface area contributed by atoms with Gasteiger partial charge in [-0.2, -0.15) is 0 Å². The lowest BCUT2D eigenvalue weighted by atomic mass is 10.1. The molecule has 3 heteroatoms. The van der Waals surface area contributed by atoms with Crippen LogP contribution in [-0.4, -0.2) is 11.9 Å². The molecule has 0 radical (unpaired) electrons. The second-order valence-corrected chi connectivity index (χ2v) is 5.60. The molecule has 3 rings (SSSR count). The average Bonchev–Trinajstić information content (AvgIpc) is 2.82. The number of aryl methyl sites for hydroxylation is 1. The minimum Gasteiger partial charge on any atom is -0.348 e. The number of amides is 1. The van der Waals surface area contributed by atoms with Crippen molar-refractivity contribution in [1.29, 1.82) is 0 Å². The van der Waals surface area contributed by atoms with Gasteiger partial charge in [0.05, 0.1) is 6.04 Å². The molecule has 3 nitrogen and oxygen atoms in total. The zero-order valence-electron chi connectivity index (χ0n) is 12.0. The molecular weight excluding hydrogens is 260 g/mol. The molecule has 2 unspecified atom stereocenters. The lowest BCUT2D eigenvalue weighted by Crippen LogP contribution is -2.38. The molecule has 108 valence electrons. The van der Waals surface area contributed by atoms with Crippen LogP contribution in [0.2, 0.25) is 0 Å². The minimum atomic E-state index is -0.0514. The van der Waals surface area contributed by atoms with Crippen LogP contribution in [0, 0.1) is 0 Å². The number of benzene rings is 2. The quantitative estimate of drug-likeness (QED) is 0.903. The van der Waals surface area contributed by atoms with E-state index in [0.717, 1.165) is 18.4 Å². The summed E-state index contributed by atoms with van der Waals surface area (Å²) in [5.74, 6) is 0.0657. The van der Waals surface area contributed by atoms with E-state index < -0.39 is 0 Å². The van der Waals surface area contributed by atoms with Crippen molar-refractivity contribution in [3.63, 3.8) is 0 Å². The summed E-state index contributed by atoms with van der Waals surface area (Å²) >= 11 is 0. The van der Waals surface area contributed by atoms with Crippen LogP contribution in [0.25, 0.3) is 0 Å². The maximum Gasteiger partial charge on any atom is 0.220 e. The van der Waals surface area contributed by atoms with E-state index in [4.69, 9.17) is 5.73 Å². The second kappa shape index (κ2) is 6.10. The standard InChI is InChI=1S/C18H20N2O/c19-16-12-14-8-4-5-9-15(14)18(16)20-17(21)11-10-13-6-2-1-3-7-13/h1-9,16,18H,10-12,19H2,(H,20,21). The summed E-state index contributed by atoms with van der Waals surface area (Å²) in [6, 6.07) is 18.2. The Morgan fingerprint density at radius 3 is 2.62 bits per heavy atom. The highest BCUT2D eigenvalue weighted by Crippen LogP contribution is 2.30. The highest BCUT2D eigenvalue weighted by molar-refractivity contribution is 5.77. The molecule has 1 aliphatic carbocycles. The number of rotatable bonds is 4. The first-order valence-corrected chi connectivity index (χ1v) is 7.41. The molecule has 1 aliphatic rings. The summed E-state index contributed by atoms with van der Waals surface area (Å²) in [4.78, 5) is 12.2. The van der Waals surface area contributed by atoms with Crippen molar-refractivity contribution < 1.29 is 4.79 Å². The summed E-state index contributed by atoms with van der Waals surface area (Å²) in [5.41, 5.74) is 9.77. The smallest absolute Gasteiger partial charge is 0.220 e. The van der Waals surface area contributed by atoms with E-state index in [-0.39, 0.29) is 18.0 Å². The maximum atomic E-state index is 12.2. The number of nitrogens with one attached hydrogen (secondary N) is 1. The fourth-order valence-corrected chi connectivity index (χ4v) is 2.96. The number of carbonyl (C=O) groups excluding carboxylic acids is 1. The molecule has 3 N–H and O–H groups in total. The first kappa shape index (κ1) is 13.8. The van der Waals surface area contributed by atoms with Gasteiger partial charge in [-0.25, -0.2) is 0 Å². The SMILES string of the molecule is NC1Cc2ccccc2C1NC(=O)CCc1ccccc1. The van der Waals surface area contributed by atoms with E-state index in [2.05, 4.69) is 17.4 Å². The zero-order valence-corrected chi connectivity index (χ0v) is 12.0. The lowest BCUT2D eigenvalue weighted by molar-refractivity contribution is -0.121. The van der Waals surface area contributed by atoms with Crippen molar-refractivity contribution in [1.82, 2.24) is 5.32 Å². The molecule has 1 amide bonds. The van der Waals surface area contributed by atoms with E-state index in [9.17, 15) is 4.79 Å². The summed E-state index contributed by atoms with van der Waals surface area (Å²) in [5, 5.41) is 3.09. The van der Waals surface area contributed by atoms with Gasteiger partial charge in [0.1, 0.15) is 0 Å². The largest absolute Gasteiger partial charge is 0.348 e. The molecule has 0 aromatic heterocycles. The van der Waals surface area contributed by atoms with Crippen molar-refractivity contribution >= 4 is 5.91 Å². The fourth-order valence-electron chi connectivity index (χ4n) is 2.96.